The Morgan fingerprint density at radius 2 is 2.00 bits per heavy atom. The fourth-order valence-electron chi connectivity index (χ4n) is 2.68. The Balaban J connectivity index is 2.19. The van der Waals surface area contributed by atoms with Gasteiger partial charge in [0, 0.05) is 29.8 Å². The highest BCUT2D eigenvalue weighted by Crippen LogP contribution is 2.37. The van der Waals surface area contributed by atoms with Crippen LogP contribution < -0.4 is 10.5 Å². The predicted octanol–water partition coefficient (Wildman–Crippen LogP) is 1.55. The van der Waals surface area contributed by atoms with Crippen LogP contribution in [0.25, 0.3) is 0 Å². The van der Waals surface area contributed by atoms with Crippen LogP contribution in [-0.2, 0) is 10.0 Å². The number of aliphatic hydroxyl groups is 1. The number of anilines is 1. The van der Waals surface area contributed by atoms with Crippen molar-refractivity contribution in [3.05, 3.63) is 23.5 Å². The van der Waals surface area contributed by atoms with E-state index in [9.17, 15) is 17.9 Å². The summed E-state index contributed by atoms with van der Waals surface area (Å²) in [4.78, 5) is -0.186. The lowest BCUT2D eigenvalue weighted by Gasteiger charge is -2.26. The highest BCUT2D eigenvalue weighted by molar-refractivity contribution is 7.89. The molecule has 2 rings (SSSR count). The van der Waals surface area contributed by atoms with E-state index in [0.29, 0.717) is 0 Å². The third-order valence-electron chi connectivity index (χ3n) is 4.31. The molecule has 5 nitrogen and oxygen atoms in total. The largest absolute Gasteiger partial charge is 0.398 e. The molecule has 0 radical (unpaired) electrons. The van der Waals surface area contributed by atoms with Crippen molar-refractivity contribution in [3.63, 3.8) is 0 Å². The molecule has 1 aliphatic carbocycles. The van der Waals surface area contributed by atoms with E-state index < -0.39 is 21.3 Å². The van der Waals surface area contributed by atoms with Crippen molar-refractivity contribution in [1.82, 2.24) is 4.72 Å². The number of rotatable bonds is 5. The van der Waals surface area contributed by atoms with Gasteiger partial charge in [-0.25, -0.2) is 17.5 Å². The standard InChI is InChI=1S/C14H21FN2O3S/c1-10-12(15)6-11(7-13(10)16)21(19,20)17-8-14(9-18)4-2-3-5-14/h6-7,17-18H,2-5,8-9,16H2,1H3. The summed E-state index contributed by atoms with van der Waals surface area (Å²) in [6.07, 6.45) is 3.54. The van der Waals surface area contributed by atoms with E-state index in [1.165, 1.54) is 13.0 Å². The van der Waals surface area contributed by atoms with Gasteiger partial charge in [0.1, 0.15) is 5.82 Å². The Labute approximate surface area is 124 Å². The van der Waals surface area contributed by atoms with E-state index in [1.807, 2.05) is 0 Å². The van der Waals surface area contributed by atoms with Crippen LogP contribution >= 0.6 is 0 Å². The summed E-state index contributed by atoms with van der Waals surface area (Å²) in [5, 5.41) is 9.49. The molecule has 4 N–H and O–H groups in total. The first-order valence-corrected chi connectivity index (χ1v) is 8.44. The molecule has 0 saturated heterocycles. The van der Waals surface area contributed by atoms with Crippen molar-refractivity contribution in [2.45, 2.75) is 37.5 Å². The molecule has 1 aromatic carbocycles. The highest BCUT2D eigenvalue weighted by atomic mass is 32.2. The van der Waals surface area contributed by atoms with Gasteiger partial charge in [0.2, 0.25) is 10.0 Å². The Morgan fingerprint density at radius 3 is 2.52 bits per heavy atom. The number of nitrogens with two attached hydrogens (primary N) is 1. The van der Waals surface area contributed by atoms with Gasteiger partial charge < -0.3 is 10.8 Å². The molecule has 0 amide bonds. The van der Waals surface area contributed by atoms with Crippen molar-refractivity contribution in [3.8, 4) is 0 Å². The summed E-state index contributed by atoms with van der Waals surface area (Å²) in [6.45, 7) is 1.59. The molecule has 0 aromatic heterocycles. The van der Waals surface area contributed by atoms with Crippen LogP contribution in [0.1, 0.15) is 31.2 Å². The first kappa shape index (κ1) is 16.2. The number of hydrogen-bond donors (Lipinski definition) is 3. The molecular formula is C14H21FN2O3S. The van der Waals surface area contributed by atoms with Crippen molar-refractivity contribution in [1.29, 1.82) is 0 Å². The molecule has 1 saturated carbocycles. The van der Waals surface area contributed by atoms with E-state index >= 15 is 0 Å². The van der Waals surface area contributed by atoms with Gasteiger partial charge in [0.15, 0.2) is 0 Å². The lowest BCUT2D eigenvalue weighted by atomic mass is 9.88. The molecule has 0 aliphatic heterocycles. The number of aliphatic hydroxyl groups excluding tert-OH is 1. The van der Waals surface area contributed by atoms with Gasteiger partial charge in [-0.2, -0.15) is 0 Å². The highest BCUT2D eigenvalue weighted by Gasteiger charge is 2.34. The van der Waals surface area contributed by atoms with Crippen LogP contribution in [0.2, 0.25) is 0 Å². The van der Waals surface area contributed by atoms with Gasteiger partial charge in [-0.3, -0.25) is 0 Å². The number of nitrogen functional groups attached to an aromatic ring is 1. The van der Waals surface area contributed by atoms with Crippen molar-refractivity contribution >= 4 is 15.7 Å². The van der Waals surface area contributed by atoms with Crippen LogP contribution in [0.4, 0.5) is 10.1 Å². The summed E-state index contributed by atoms with van der Waals surface area (Å²) < 4.78 is 40.6. The quantitative estimate of drug-likeness (QED) is 0.719. The average Bonchev–Trinajstić information content (AvgIpc) is 2.92. The maximum atomic E-state index is 13.6. The van der Waals surface area contributed by atoms with E-state index in [2.05, 4.69) is 4.72 Å². The molecule has 1 fully saturated rings. The molecule has 1 aromatic rings. The van der Waals surface area contributed by atoms with Crippen LogP contribution in [0.3, 0.4) is 0 Å². The molecule has 1 aliphatic rings. The third kappa shape index (κ3) is 3.36. The second-order valence-electron chi connectivity index (χ2n) is 5.81. The maximum absolute atomic E-state index is 13.6. The van der Waals surface area contributed by atoms with Crippen LogP contribution in [0, 0.1) is 18.2 Å². The van der Waals surface area contributed by atoms with Gasteiger partial charge in [0.05, 0.1) is 4.90 Å². The normalized spacial score (nSPS) is 18.0. The zero-order valence-electron chi connectivity index (χ0n) is 12.0. The minimum absolute atomic E-state index is 0.0556. The monoisotopic (exact) mass is 316 g/mol. The Kier molecular flexibility index (Phi) is 4.55. The Hall–Kier alpha value is -1.18. The Morgan fingerprint density at radius 1 is 1.38 bits per heavy atom. The third-order valence-corrected chi connectivity index (χ3v) is 5.69. The molecule has 21 heavy (non-hydrogen) atoms. The van der Waals surface area contributed by atoms with Gasteiger partial charge in [-0.05, 0) is 31.9 Å². The average molecular weight is 316 g/mol. The van der Waals surface area contributed by atoms with E-state index in [4.69, 9.17) is 5.73 Å². The minimum atomic E-state index is -3.84. The summed E-state index contributed by atoms with van der Waals surface area (Å²) in [6, 6.07) is 2.22. The van der Waals surface area contributed by atoms with Gasteiger partial charge in [0.25, 0.3) is 0 Å². The van der Waals surface area contributed by atoms with Crippen LogP contribution in [0.15, 0.2) is 17.0 Å². The molecule has 0 bridgehead atoms. The minimum Gasteiger partial charge on any atom is -0.398 e. The number of nitrogens with one attached hydrogen (secondary N) is 1. The molecule has 0 unspecified atom stereocenters. The molecule has 0 spiro atoms. The zero-order valence-corrected chi connectivity index (χ0v) is 12.8. The second kappa shape index (κ2) is 5.90. The van der Waals surface area contributed by atoms with Crippen molar-refractivity contribution in [2.75, 3.05) is 18.9 Å². The van der Waals surface area contributed by atoms with E-state index in [0.717, 1.165) is 31.7 Å². The first-order chi connectivity index (χ1) is 9.80. The van der Waals surface area contributed by atoms with Gasteiger partial charge in [-0.1, -0.05) is 12.8 Å². The van der Waals surface area contributed by atoms with E-state index in [1.54, 1.807) is 0 Å². The lowest BCUT2D eigenvalue weighted by Crippen LogP contribution is -2.38. The zero-order chi connectivity index (χ0) is 15.7. The number of halogens is 1. The smallest absolute Gasteiger partial charge is 0.240 e. The second-order valence-corrected chi connectivity index (χ2v) is 7.58. The molecule has 118 valence electrons. The fraction of sp³-hybridized carbons (Fsp3) is 0.571. The maximum Gasteiger partial charge on any atom is 0.240 e. The number of benzene rings is 1. The SMILES string of the molecule is Cc1c(N)cc(S(=O)(=O)NCC2(CO)CCCC2)cc1F. The molecule has 0 heterocycles. The number of sulfonamides is 1. The van der Waals surface area contributed by atoms with Crippen LogP contribution in [-0.4, -0.2) is 26.7 Å². The molecular weight excluding hydrogens is 295 g/mol. The topological polar surface area (TPSA) is 92.4 Å². The van der Waals surface area contributed by atoms with Crippen LogP contribution in [0.5, 0.6) is 0 Å². The molecule has 0 atom stereocenters. The lowest BCUT2D eigenvalue weighted by molar-refractivity contribution is 0.134. The van der Waals surface area contributed by atoms with Crippen molar-refractivity contribution in [2.24, 2.45) is 5.41 Å². The summed E-state index contributed by atoms with van der Waals surface area (Å²) >= 11 is 0. The van der Waals surface area contributed by atoms with Gasteiger partial charge >= 0.3 is 0 Å². The van der Waals surface area contributed by atoms with Gasteiger partial charge in [-0.15, -0.1) is 0 Å². The summed E-state index contributed by atoms with van der Waals surface area (Å²) in [5.74, 6) is -0.645. The number of hydrogen-bond acceptors (Lipinski definition) is 4. The summed E-state index contributed by atoms with van der Waals surface area (Å²) in [5.41, 5.74) is 5.55. The molecule has 7 heteroatoms. The fourth-order valence-corrected chi connectivity index (χ4v) is 3.88. The van der Waals surface area contributed by atoms with Crippen molar-refractivity contribution < 1.29 is 17.9 Å². The Bertz CT molecular complexity index is 602. The summed E-state index contributed by atoms with van der Waals surface area (Å²) in [7, 11) is -3.84. The predicted molar refractivity (Wildman–Crippen MR) is 78.7 cm³/mol. The first-order valence-electron chi connectivity index (χ1n) is 6.96. The van der Waals surface area contributed by atoms with E-state index in [-0.39, 0.29) is 29.3 Å².